The van der Waals surface area contributed by atoms with E-state index >= 15 is 0 Å². The molecule has 1 saturated heterocycles. The maximum Gasteiger partial charge on any atom is 0.0388 e. The molecule has 1 heterocycles. The van der Waals surface area contributed by atoms with Gasteiger partial charge in [-0.1, -0.05) is 13.3 Å². The fourth-order valence-electron chi connectivity index (χ4n) is 6.83. The van der Waals surface area contributed by atoms with E-state index in [0.29, 0.717) is 5.54 Å². The van der Waals surface area contributed by atoms with Crippen LogP contribution in [-0.2, 0) is 0 Å². The van der Waals surface area contributed by atoms with E-state index in [1.165, 1.54) is 58.0 Å². The Morgan fingerprint density at radius 1 is 1.05 bits per heavy atom. The lowest BCUT2D eigenvalue weighted by molar-refractivity contribution is -0.125. The zero-order chi connectivity index (χ0) is 13.7. The zero-order valence-corrected chi connectivity index (χ0v) is 13.2. The van der Waals surface area contributed by atoms with Crippen LogP contribution in [0.2, 0.25) is 0 Å². The summed E-state index contributed by atoms with van der Waals surface area (Å²) < 4.78 is 0. The molecule has 2 heteroatoms. The third-order valence-electron chi connectivity index (χ3n) is 7.45. The van der Waals surface area contributed by atoms with E-state index in [2.05, 4.69) is 11.8 Å². The number of nitrogens with two attached hydrogens (primary N) is 1. The Hall–Kier alpha value is -0.0800. The molecule has 4 saturated carbocycles. The van der Waals surface area contributed by atoms with Gasteiger partial charge < -0.3 is 5.73 Å². The van der Waals surface area contributed by atoms with Crippen LogP contribution in [-0.4, -0.2) is 30.1 Å². The molecule has 5 aliphatic rings. The van der Waals surface area contributed by atoms with Crippen molar-refractivity contribution < 1.29 is 0 Å². The quantitative estimate of drug-likeness (QED) is 0.854. The van der Waals surface area contributed by atoms with Gasteiger partial charge in [0.15, 0.2) is 0 Å². The van der Waals surface area contributed by atoms with Crippen LogP contribution in [0.25, 0.3) is 0 Å². The lowest BCUT2D eigenvalue weighted by Crippen LogP contribution is -2.68. The van der Waals surface area contributed by atoms with Crippen LogP contribution in [0.4, 0.5) is 0 Å². The highest BCUT2D eigenvalue weighted by Gasteiger charge is 2.59. The monoisotopic (exact) mass is 276 g/mol. The first-order valence-electron chi connectivity index (χ1n) is 9.21. The Labute approximate surface area is 124 Å². The number of hydrogen-bond acceptors (Lipinski definition) is 2. The molecule has 0 aromatic carbocycles. The third-order valence-corrected chi connectivity index (χ3v) is 7.45. The SMILES string of the molecule is CCCC1CCN(C2(CN)C3CC4CC(C3)CC2C4)C1. The molecule has 114 valence electrons. The molecule has 0 aromatic heterocycles. The van der Waals surface area contributed by atoms with Crippen LogP contribution in [0.15, 0.2) is 0 Å². The molecule has 0 aromatic rings. The van der Waals surface area contributed by atoms with Crippen molar-refractivity contribution in [1.29, 1.82) is 0 Å². The van der Waals surface area contributed by atoms with Gasteiger partial charge in [-0.15, -0.1) is 0 Å². The zero-order valence-electron chi connectivity index (χ0n) is 13.2. The maximum atomic E-state index is 6.45. The first kappa shape index (κ1) is 13.6. The molecule has 0 spiro atoms. The van der Waals surface area contributed by atoms with E-state index in [1.807, 2.05) is 0 Å². The number of likely N-dealkylation sites (tertiary alicyclic amines) is 1. The van der Waals surface area contributed by atoms with Gasteiger partial charge in [0.25, 0.3) is 0 Å². The van der Waals surface area contributed by atoms with Crippen molar-refractivity contribution in [3.05, 3.63) is 0 Å². The normalized spacial score (nSPS) is 51.0. The summed E-state index contributed by atoms with van der Waals surface area (Å²) in [5, 5.41) is 0. The highest BCUT2D eigenvalue weighted by Crippen LogP contribution is 2.60. The molecule has 2 nitrogen and oxygen atoms in total. The second-order valence-electron chi connectivity index (χ2n) is 8.39. The topological polar surface area (TPSA) is 29.3 Å². The summed E-state index contributed by atoms with van der Waals surface area (Å²) in [7, 11) is 0. The molecular weight excluding hydrogens is 244 g/mol. The van der Waals surface area contributed by atoms with Crippen molar-refractivity contribution in [2.75, 3.05) is 19.6 Å². The molecule has 0 radical (unpaired) electrons. The van der Waals surface area contributed by atoms with Crippen LogP contribution in [0.3, 0.4) is 0 Å². The minimum atomic E-state index is 0.413. The van der Waals surface area contributed by atoms with Crippen molar-refractivity contribution in [3.63, 3.8) is 0 Å². The molecule has 5 rings (SSSR count). The van der Waals surface area contributed by atoms with Crippen LogP contribution in [0.1, 0.15) is 58.3 Å². The summed E-state index contributed by atoms with van der Waals surface area (Å²) in [5.41, 5.74) is 6.86. The van der Waals surface area contributed by atoms with E-state index < -0.39 is 0 Å². The fourth-order valence-corrected chi connectivity index (χ4v) is 6.83. The van der Waals surface area contributed by atoms with Gasteiger partial charge in [-0.05, 0) is 81.1 Å². The Morgan fingerprint density at radius 2 is 1.70 bits per heavy atom. The predicted octanol–water partition coefficient (Wildman–Crippen LogP) is 3.26. The molecule has 1 aliphatic heterocycles. The van der Waals surface area contributed by atoms with Gasteiger partial charge in [0.1, 0.15) is 0 Å². The fraction of sp³-hybridized carbons (Fsp3) is 1.00. The largest absolute Gasteiger partial charge is 0.329 e. The molecule has 1 atom stereocenters. The second-order valence-corrected chi connectivity index (χ2v) is 8.39. The molecule has 1 unspecified atom stereocenters. The van der Waals surface area contributed by atoms with Crippen molar-refractivity contribution in [2.24, 2.45) is 35.3 Å². The number of rotatable bonds is 4. The van der Waals surface area contributed by atoms with E-state index in [-0.39, 0.29) is 0 Å². The molecule has 0 amide bonds. The highest BCUT2D eigenvalue weighted by atomic mass is 15.2. The maximum absolute atomic E-state index is 6.45. The van der Waals surface area contributed by atoms with Gasteiger partial charge in [-0.25, -0.2) is 0 Å². The van der Waals surface area contributed by atoms with E-state index in [4.69, 9.17) is 5.73 Å². The van der Waals surface area contributed by atoms with Gasteiger partial charge >= 0.3 is 0 Å². The first-order chi connectivity index (χ1) is 9.76. The lowest BCUT2D eigenvalue weighted by Gasteiger charge is -2.64. The van der Waals surface area contributed by atoms with Crippen molar-refractivity contribution in [1.82, 2.24) is 4.90 Å². The van der Waals surface area contributed by atoms with Gasteiger partial charge in [0.05, 0.1) is 0 Å². The van der Waals surface area contributed by atoms with Gasteiger partial charge in [0.2, 0.25) is 0 Å². The lowest BCUT2D eigenvalue weighted by atomic mass is 9.48. The van der Waals surface area contributed by atoms with Gasteiger partial charge in [-0.3, -0.25) is 4.90 Å². The standard InChI is InChI=1S/C18H32N2/c1-2-3-13-4-5-20(11-13)18(12-19)16-7-14-6-15(9-16)10-17(18)8-14/h13-17H,2-12,19H2,1H3. The number of nitrogens with zero attached hydrogens (tertiary/aromatic N) is 1. The molecule has 5 fully saturated rings. The van der Waals surface area contributed by atoms with Crippen molar-refractivity contribution >= 4 is 0 Å². The van der Waals surface area contributed by atoms with Crippen LogP contribution < -0.4 is 5.73 Å². The van der Waals surface area contributed by atoms with E-state index in [9.17, 15) is 0 Å². The molecule has 20 heavy (non-hydrogen) atoms. The Kier molecular flexibility index (Phi) is 3.38. The summed E-state index contributed by atoms with van der Waals surface area (Å²) >= 11 is 0. The minimum absolute atomic E-state index is 0.413. The number of hydrogen-bond donors (Lipinski definition) is 1. The Balaban J connectivity index is 1.57. The van der Waals surface area contributed by atoms with Crippen LogP contribution in [0, 0.1) is 29.6 Å². The van der Waals surface area contributed by atoms with Gasteiger partial charge in [0, 0.05) is 18.6 Å². The van der Waals surface area contributed by atoms with Crippen LogP contribution >= 0.6 is 0 Å². The first-order valence-corrected chi connectivity index (χ1v) is 9.21. The van der Waals surface area contributed by atoms with Crippen molar-refractivity contribution in [3.8, 4) is 0 Å². The van der Waals surface area contributed by atoms with Crippen molar-refractivity contribution in [2.45, 2.75) is 63.8 Å². The minimum Gasteiger partial charge on any atom is -0.329 e. The summed E-state index contributed by atoms with van der Waals surface area (Å²) in [6.45, 7) is 5.96. The van der Waals surface area contributed by atoms with Crippen LogP contribution in [0.5, 0.6) is 0 Å². The second kappa shape index (κ2) is 4.98. The van der Waals surface area contributed by atoms with Gasteiger partial charge in [-0.2, -0.15) is 0 Å². The van der Waals surface area contributed by atoms with E-state index in [1.54, 1.807) is 6.42 Å². The predicted molar refractivity (Wildman–Crippen MR) is 83.4 cm³/mol. The summed E-state index contributed by atoms with van der Waals surface area (Å²) in [6, 6.07) is 0. The summed E-state index contributed by atoms with van der Waals surface area (Å²) in [4.78, 5) is 2.89. The summed E-state index contributed by atoms with van der Waals surface area (Å²) in [5.74, 6) is 4.95. The average molecular weight is 276 g/mol. The smallest absolute Gasteiger partial charge is 0.0388 e. The third kappa shape index (κ3) is 1.83. The Bertz CT molecular complexity index is 336. The molecule has 4 aliphatic carbocycles. The summed E-state index contributed by atoms with van der Waals surface area (Å²) in [6.07, 6.45) is 11.8. The average Bonchev–Trinajstić information content (AvgIpc) is 2.88. The Morgan fingerprint density at radius 3 is 2.25 bits per heavy atom. The molecule has 2 N–H and O–H groups in total. The highest BCUT2D eigenvalue weighted by molar-refractivity contribution is 5.13. The molecule has 4 bridgehead atoms. The van der Waals surface area contributed by atoms with E-state index in [0.717, 1.165) is 36.1 Å². The molecular formula is C18H32N2.